The minimum absolute atomic E-state index is 0.367. The average molecular weight is 344 g/mol. The molecule has 25 heavy (non-hydrogen) atoms. The van der Waals surface area contributed by atoms with Crippen LogP contribution in [0.2, 0.25) is 0 Å². The van der Waals surface area contributed by atoms with Crippen molar-refractivity contribution in [1.82, 2.24) is 9.80 Å². The molecular weight excluding hydrogens is 312 g/mol. The van der Waals surface area contributed by atoms with E-state index in [2.05, 4.69) is 40.1 Å². The molecule has 0 radical (unpaired) electrons. The topological polar surface area (TPSA) is 32.8 Å². The van der Waals surface area contributed by atoms with Crippen LogP contribution in [-0.4, -0.2) is 61.1 Å². The van der Waals surface area contributed by atoms with Gasteiger partial charge in [-0.2, -0.15) is 0 Å². The van der Waals surface area contributed by atoms with Crippen molar-refractivity contribution < 1.29 is 9.53 Å². The van der Waals surface area contributed by atoms with Crippen molar-refractivity contribution in [3.05, 3.63) is 35.9 Å². The number of ether oxygens (including phenoxy) is 1. The number of carbonyl (C=O) groups is 1. The zero-order chi connectivity index (χ0) is 17.3. The Morgan fingerprint density at radius 2 is 1.84 bits per heavy atom. The van der Waals surface area contributed by atoms with E-state index in [4.69, 9.17) is 4.74 Å². The molecule has 2 heterocycles. The summed E-state index contributed by atoms with van der Waals surface area (Å²) in [6.07, 6.45) is 7.44. The Hall–Kier alpha value is -1.39. The van der Waals surface area contributed by atoms with Crippen LogP contribution in [0.3, 0.4) is 0 Å². The number of likely N-dealkylation sites (tertiary alicyclic amines) is 1. The summed E-state index contributed by atoms with van der Waals surface area (Å²) in [5, 5.41) is 0. The number of carbonyl (C=O) groups excluding carboxylic acids is 1. The number of aryl methyl sites for hydroxylation is 1. The highest BCUT2D eigenvalue weighted by Gasteiger charge is 2.28. The molecule has 138 valence electrons. The van der Waals surface area contributed by atoms with Gasteiger partial charge in [0.05, 0.1) is 13.2 Å². The largest absolute Gasteiger partial charge is 0.379 e. The summed E-state index contributed by atoms with van der Waals surface area (Å²) in [7, 11) is 0. The van der Waals surface area contributed by atoms with Crippen molar-refractivity contribution in [1.29, 1.82) is 0 Å². The third-order valence-corrected chi connectivity index (χ3v) is 5.47. The first kappa shape index (κ1) is 18.4. The molecule has 2 aliphatic heterocycles. The van der Waals surface area contributed by atoms with Crippen LogP contribution < -0.4 is 0 Å². The number of hydrogen-bond acceptors (Lipinski definition) is 3. The number of unbranched alkanes of at least 4 members (excludes halogenated alkanes) is 1. The highest BCUT2D eigenvalue weighted by Crippen LogP contribution is 2.20. The van der Waals surface area contributed by atoms with Gasteiger partial charge < -0.3 is 9.64 Å². The van der Waals surface area contributed by atoms with E-state index in [1.54, 1.807) is 0 Å². The van der Waals surface area contributed by atoms with Gasteiger partial charge in [-0.3, -0.25) is 9.69 Å². The van der Waals surface area contributed by atoms with Crippen LogP contribution in [-0.2, 0) is 16.0 Å². The maximum absolute atomic E-state index is 12.7. The number of piperidine rings is 1. The van der Waals surface area contributed by atoms with E-state index in [9.17, 15) is 4.79 Å². The molecular formula is C21H32N2O2. The summed E-state index contributed by atoms with van der Waals surface area (Å²) in [6.45, 7) is 5.66. The monoisotopic (exact) mass is 344 g/mol. The Morgan fingerprint density at radius 1 is 1.04 bits per heavy atom. The van der Waals surface area contributed by atoms with E-state index >= 15 is 0 Å². The van der Waals surface area contributed by atoms with Crippen LogP contribution in [0, 0.1) is 0 Å². The lowest BCUT2D eigenvalue weighted by atomic mass is 10.00. The molecule has 0 N–H and O–H groups in total. The van der Waals surface area contributed by atoms with Gasteiger partial charge in [0.2, 0.25) is 5.91 Å². The predicted octanol–water partition coefficient (Wildman–Crippen LogP) is 3.11. The zero-order valence-corrected chi connectivity index (χ0v) is 15.4. The molecule has 4 nitrogen and oxygen atoms in total. The summed E-state index contributed by atoms with van der Waals surface area (Å²) < 4.78 is 5.44. The van der Waals surface area contributed by atoms with Gasteiger partial charge in [0.1, 0.15) is 0 Å². The van der Waals surface area contributed by atoms with Crippen molar-refractivity contribution in [2.75, 3.05) is 39.4 Å². The Kier molecular flexibility index (Phi) is 7.31. The Balaban J connectivity index is 1.42. The first-order valence-corrected chi connectivity index (χ1v) is 9.96. The number of hydrogen-bond donors (Lipinski definition) is 0. The van der Waals surface area contributed by atoms with E-state index in [-0.39, 0.29) is 0 Å². The molecule has 1 amide bonds. The third kappa shape index (κ3) is 5.82. The molecule has 0 spiro atoms. The summed E-state index contributed by atoms with van der Waals surface area (Å²) in [6, 6.07) is 11.0. The van der Waals surface area contributed by atoms with Crippen LogP contribution in [0.1, 0.15) is 44.1 Å². The molecule has 3 rings (SSSR count). The lowest BCUT2D eigenvalue weighted by Crippen LogP contribution is -2.51. The second kappa shape index (κ2) is 9.93. The van der Waals surface area contributed by atoms with E-state index in [0.29, 0.717) is 18.4 Å². The molecule has 1 aromatic rings. The van der Waals surface area contributed by atoms with Crippen LogP contribution in [0.4, 0.5) is 0 Å². The molecule has 1 atom stereocenters. The summed E-state index contributed by atoms with van der Waals surface area (Å²) in [4.78, 5) is 17.4. The summed E-state index contributed by atoms with van der Waals surface area (Å²) >= 11 is 0. The highest BCUT2D eigenvalue weighted by atomic mass is 16.5. The fourth-order valence-corrected chi connectivity index (χ4v) is 3.99. The van der Waals surface area contributed by atoms with Crippen LogP contribution in [0.15, 0.2) is 30.3 Å². The minimum Gasteiger partial charge on any atom is -0.379 e. The maximum Gasteiger partial charge on any atom is 0.222 e. The Morgan fingerprint density at radius 3 is 2.64 bits per heavy atom. The molecule has 2 fully saturated rings. The Bertz CT molecular complexity index is 514. The molecule has 0 unspecified atom stereocenters. The first-order valence-electron chi connectivity index (χ1n) is 9.96. The predicted molar refractivity (Wildman–Crippen MR) is 101 cm³/mol. The van der Waals surface area contributed by atoms with Crippen LogP contribution in [0.5, 0.6) is 0 Å². The third-order valence-electron chi connectivity index (χ3n) is 5.47. The molecule has 4 heteroatoms. The number of benzene rings is 1. The average Bonchev–Trinajstić information content (AvgIpc) is 2.67. The van der Waals surface area contributed by atoms with Gasteiger partial charge in [0.25, 0.3) is 0 Å². The van der Waals surface area contributed by atoms with E-state index in [1.165, 1.54) is 12.0 Å². The van der Waals surface area contributed by atoms with Crippen molar-refractivity contribution in [2.45, 2.75) is 51.0 Å². The maximum atomic E-state index is 12.7. The van der Waals surface area contributed by atoms with Crippen molar-refractivity contribution in [3.63, 3.8) is 0 Å². The lowest BCUT2D eigenvalue weighted by Gasteiger charge is -2.39. The molecule has 0 aromatic heterocycles. The molecule has 0 bridgehead atoms. The van der Waals surface area contributed by atoms with Gasteiger partial charge in [-0.15, -0.1) is 0 Å². The molecule has 0 saturated carbocycles. The Labute approximate surface area is 152 Å². The fourth-order valence-electron chi connectivity index (χ4n) is 3.99. The number of morpholine rings is 1. The van der Waals surface area contributed by atoms with Gasteiger partial charge in [-0.1, -0.05) is 30.3 Å². The number of nitrogens with zero attached hydrogens (tertiary/aromatic N) is 2. The minimum atomic E-state index is 0.367. The van der Waals surface area contributed by atoms with Gasteiger partial charge in [-0.25, -0.2) is 0 Å². The quantitative estimate of drug-likeness (QED) is 0.713. The van der Waals surface area contributed by atoms with Crippen molar-refractivity contribution in [3.8, 4) is 0 Å². The molecule has 2 aliphatic rings. The molecule has 1 aromatic carbocycles. The highest BCUT2D eigenvalue weighted by molar-refractivity contribution is 5.76. The van der Waals surface area contributed by atoms with Gasteiger partial charge in [-0.05, 0) is 44.1 Å². The zero-order valence-electron chi connectivity index (χ0n) is 15.4. The van der Waals surface area contributed by atoms with Gasteiger partial charge in [0, 0.05) is 38.6 Å². The van der Waals surface area contributed by atoms with Crippen molar-refractivity contribution in [2.24, 2.45) is 0 Å². The SMILES string of the molecule is O=C(CCCCc1ccccc1)N1CCCC[C@H]1CN1CCOCC1. The standard InChI is InChI=1S/C21H32N2O2/c24-21(12-5-4-10-19-8-2-1-3-9-19)23-13-7-6-11-20(23)18-22-14-16-25-17-15-22/h1-3,8-9,20H,4-7,10-18H2/t20-/m0/s1. The van der Waals surface area contributed by atoms with E-state index < -0.39 is 0 Å². The van der Waals surface area contributed by atoms with Gasteiger partial charge >= 0.3 is 0 Å². The normalized spacial score (nSPS) is 22.1. The first-order chi connectivity index (χ1) is 12.3. The second-order valence-electron chi connectivity index (χ2n) is 7.34. The van der Waals surface area contributed by atoms with Crippen LogP contribution >= 0.6 is 0 Å². The van der Waals surface area contributed by atoms with Crippen molar-refractivity contribution >= 4 is 5.91 Å². The summed E-state index contributed by atoms with van der Waals surface area (Å²) in [5.41, 5.74) is 1.37. The van der Waals surface area contributed by atoms with Crippen LogP contribution in [0.25, 0.3) is 0 Å². The number of rotatable bonds is 7. The van der Waals surface area contributed by atoms with Gasteiger partial charge in [0.15, 0.2) is 0 Å². The van der Waals surface area contributed by atoms with E-state index in [1.807, 2.05) is 0 Å². The fraction of sp³-hybridized carbons (Fsp3) is 0.667. The summed E-state index contributed by atoms with van der Waals surface area (Å²) in [5.74, 6) is 0.367. The van der Waals surface area contributed by atoms with E-state index in [0.717, 1.165) is 71.5 Å². The number of amides is 1. The lowest BCUT2D eigenvalue weighted by molar-refractivity contribution is -0.135. The second-order valence-corrected chi connectivity index (χ2v) is 7.34. The smallest absolute Gasteiger partial charge is 0.222 e. The molecule has 0 aliphatic carbocycles. The molecule has 2 saturated heterocycles.